The van der Waals surface area contributed by atoms with E-state index >= 15 is 0 Å². The second-order valence-corrected chi connectivity index (χ2v) is 7.24. The summed E-state index contributed by atoms with van der Waals surface area (Å²) in [7, 11) is -3.83. The third-order valence-corrected chi connectivity index (χ3v) is 5.43. The molecule has 0 amide bonds. The molecule has 8 heteroatoms. The second kappa shape index (κ2) is 7.92. The number of nitrogens with zero attached hydrogens (tertiary/aromatic N) is 2. The Balaban J connectivity index is 2.09. The third-order valence-electron chi connectivity index (χ3n) is 3.55. The molecular formula is C16H19ClFN3O2S. The number of sulfonamides is 1. The zero-order valence-corrected chi connectivity index (χ0v) is 15.0. The lowest BCUT2D eigenvalue weighted by Crippen LogP contribution is -2.24. The highest BCUT2D eigenvalue weighted by molar-refractivity contribution is 7.89. The molecule has 0 unspecified atom stereocenters. The first-order valence-corrected chi connectivity index (χ1v) is 9.38. The highest BCUT2D eigenvalue weighted by Gasteiger charge is 2.18. The zero-order chi connectivity index (χ0) is 17.7. The summed E-state index contributed by atoms with van der Waals surface area (Å²) in [5.74, 6) is 0.253. The average molecular weight is 372 g/mol. The van der Waals surface area contributed by atoms with Crippen molar-refractivity contribution in [1.29, 1.82) is 0 Å². The number of anilines is 1. The van der Waals surface area contributed by atoms with Crippen molar-refractivity contribution in [3.63, 3.8) is 0 Å². The first-order valence-electron chi connectivity index (χ1n) is 7.52. The number of pyridine rings is 1. The molecule has 1 aromatic heterocycles. The topological polar surface area (TPSA) is 62.3 Å². The van der Waals surface area contributed by atoms with Crippen molar-refractivity contribution in [2.24, 2.45) is 0 Å². The molecule has 5 nitrogen and oxygen atoms in total. The predicted molar refractivity (Wildman–Crippen MR) is 93.2 cm³/mol. The van der Waals surface area contributed by atoms with Crippen LogP contribution in [-0.4, -0.2) is 26.5 Å². The van der Waals surface area contributed by atoms with E-state index in [0.717, 1.165) is 37.1 Å². The number of halogens is 2. The van der Waals surface area contributed by atoms with E-state index in [-0.39, 0.29) is 16.5 Å². The molecule has 1 heterocycles. The van der Waals surface area contributed by atoms with Gasteiger partial charge in [0.1, 0.15) is 16.5 Å². The molecule has 0 aliphatic heterocycles. The quantitative estimate of drug-likeness (QED) is 0.811. The molecule has 2 rings (SSSR count). The highest BCUT2D eigenvalue weighted by atomic mass is 35.5. The van der Waals surface area contributed by atoms with Crippen LogP contribution in [0.3, 0.4) is 0 Å². The van der Waals surface area contributed by atoms with Gasteiger partial charge in [0.2, 0.25) is 10.0 Å². The van der Waals surface area contributed by atoms with Crippen LogP contribution < -0.4 is 9.62 Å². The molecule has 0 fully saturated rings. The molecule has 0 radical (unpaired) electrons. The lowest BCUT2D eigenvalue weighted by atomic mass is 10.3. The Morgan fingerprint density at radius 2 is 1.92 bits per heavy atom. The van der Waals surface area contributed by atoms with Gasteiger partial charge in [-0.2, -0.15) is 0 Å². The van der Waals surface area contributed by atoms with Crippen molar-refractivity contribution in [2.45, 2.75) is 25.3 Å². The Morgan fingerprint density at radius 3 is 2.46 bits per heavy atom. The minimum atomic E-state index is -3.83. The van der Waals surface area contributed by atoms with Crippen LogP contribution in [0.2, 0.25) is 5.02 Å². The van der Waals surface area contributed by atoms with Crippen LogP contribution in [0, 0.1) is 5.82 Å². The van der Waals surface area contributed by atoms with E-state index in [4.69, 9.17) is 11.6 Å². The van der Waals surface area contributed by atoms with Gasteiger partial charge < -0.3 is 4.90 Å². The zero-order valence-electron chi connectivity index (χ0n) is 13.5. The minimum Gasteiger partial charge on any atom is -0.357 e. The Bertz CT molecular complexity index is 793. The fraction of sp³-hybridized carbons (Fsp3) is 0.312. The summed E-state index contributed by atoms with van der Waals surface area (Å²) in [5, 5.41) is -0.155. The van der Waals surface area contributed by atoms with Gasteiger partial charge in [-0.25, -0.2) is 22.5 Å². The lowest BCUT2D eigenvalue weighted by Gasteiger charge is -2.19. The van der Waals surface area contributed by atoms with Crippen molar-refractivity contribution < 1.29 is 12.8 Å². The summed E-state index contributed by atoms with van der Waals surface area (Å²) in [6.45, 7) is 5.85. The van der Waals surface area contributed by atoms with E-state index in [1.807, 2.05) is 26.0 Å². The predicted octanol–water partition coefficient (Wildman–Crippen LogP) is 3.20. The van der Waals surface area contributed by atoms with Gasteiger partial charge in [-0.05, 0) is 43.7 Å². The maximum atomic E-state index is 13.0. The van der Waals surface area contributed by atoms with E-state index in [1.165, 1.54) is 0 Å². The Morgan fingerprint density at radius 1 is 1.21 bits per heavy atom. The van der Waals surface area contributed by atoms with Crippen molar-refractivity contribution >= 4 is 27.4 Å². The molecule has 0 bridgehead atoms. The first-order chi connectivity index (χ1) is 11.4. The summed E-state index contributed by atoms with van der Waals surface area (Å²) >= 11 is 5.81. The van der Waals surface area contributed by atoms with Crippen molar-refractivity contribution in [1.82, 2.24) is 9.71 Å². The maximum Gasteiger partial charge on any atom is 0.242 e. The molecule has 1 N–H and O–H groups in total. The summed E-state index contributed by atoms with van der Waals surface area (Å²) in [4.78, 5) is 6.27. The number of hydrogen-bond acceptors (Lipinski definition) is 4. The molecule has 0 aliphatic rings. The van der Waals surface area contributed by atoms with E-state index in [2.05, 4.69) is 14.6 Å². The molecule has 0 spiro atoms. The van der Waals surface area contributed by atoms with Crippen LogP contribution in [0.1, 0.15) is 19.4 Å². The first kappa shape index (κ1) is 18.6. The fourth-order valence-electron chi connectivity index (χ4n) is 2.21. The second-order valence-electron chi connectivity index (χ2n) is 5.10. The highest BCUT2D eigenvalue weighted by Crippen LogP contribution is 2.22. The van der Waals surface area contributed by atoms with Crippen LogP contribution in [-0.2, 0) is 16.6 Å². The summed E-state index contributed by atoms with van der Waals surface area (Å²) in [6.07, 6.45) is 1.63. The Hall–Kier alpha value is -1.70. The van der Waals surface area contributed by atoms with Gasteiger partial charge in [-0.3, -0.25) is 0 Å². The Kier molecular flexibility index (Phi) is 6.15. The molecule has 1 aromatic carbocycles. The number of rotatable bonds is 7. The van der Waals surface area contributed by atoms with Gasteiger partial charge in [0.05, 0.1) is 5.02 Å². The molecule has 0 atom stereocenters. The van der Waals surface area contributed by atoms with Gasteiger partial charge >= 0.3 is 0 Å². The van der Waals surface area contributed by atoms with Crippen LogP contribution in [0.15, 0.2) is 41.4 Å². The van der Waals surface area contributed by atoms with Crippen LogP contribution >= 0.6 is 11.6 Å². The van der Waals surface area contributed by atoms with Gasteiger partial charge in [-0.15, -0.1) is 0 Å². The maximum absolute atomic E-state index is 13.0. The van der Waals surface area contributed by atoms with E-state index in [1.54, 1.807) is 6.20 Å². The normalized spacial score (nSPS) is 11.5. The monoisotopic (exact) mass is 371 g/mol. The molecule has 24 heavy (non-hydrogen) atoms. The van der Waals surface area contributed by atoms with Crippen LogP contribution in [0.25, 0.3) is 0 Å². The molecule has 0 saturated carbocycles. The van der Waals surface area contributed by atoms with Gasteiger partial charge in [0.15, 0.2) is 0 Å². The SMILES string of the molecule is CCN(CC)c1ccc(CNS(=O)(=O)c2ccc(F)cc2Cl)cn1. The molecule has 0 saturated heterocycles. The van der Waals surface area contributed by atoms with Crippen molar-refractivity contribution in [2.75, 3.05) is 18.0 Å². The Labute approximate surface area is 146 Å². The van der Waals surface area contributed by atoms with Gasteiger partial charge in [-0.1, -0.05) is 17.7 Å². The average Bonchev–Trinajstić information content (AvgIpc) is 2.55. The standard InChI is InChI=1S/C16H19ClFN3O2S/c1-3-21(4-2)16-8-5-12(10-19-16)11-20-24(22,23)15-7-6-13(18)9-14(15)17/h5-10,20H,3-4,11H2,1-2H3. The minimum absolute atomic E-state index is 0.0710. The number of hydrogen-bond donors (Lipinski definition) is 1. The molecular weight excluding hydrogens is 353 g/mol. The summed E-state index contributed by atoms with van der Waals surface area (Å²) in [6, 6.07) is 6.83. The summed E-state index contributed by atoms with van der Waals surface area (Å²) < 4.78 is 40.0. The van der Waals surface area contributed by atoms with Gasteiger partial charge in [0.25, 0.3) is 0 Å². The van der Waals surface area contributed by atoms with E-state index in [9.17, 15) is 12.8 Å². The van der Waals surface area contributed by atoms with Gasteiger partial charge in [0, 0.05) is 25.8 Å². The van der Waals surface area contributed by atoms with Crippen LogP contribution in [0.5, 0.6) is 0 Å². The number of nitrogens with one attached hydrogen (secondary N) is 1. The molecule has 130 valence electrons. The van der Waals surface area contributed by atoms with Crippen LogP contribution in [0.4, 0.5) is 10.2 Å². The number of benzene rings is 1. The molecule has 2 aromatic rings. The largest absolute Gasteiger partial charge is 0.357 e. The number of aromatic nitrogens is 1. The van der Waals surface area contributed by atoms with Crippen molar-refractivity contribution in [3.8, 4) is 0 Å². The fourth-order valence-corrected chi connectivity index (χ4v) is 3.75. The van der Waals surface area contributed by atoms with Crippen molar-refractivity contribution in [3.05, 3.63) is 52.9 Å². The van der Waals surface area contributed by atoms with E-state index in [0.29, 0.717) is 5.56 Å². The molecule has 0 aliphatic carbocycles. The lowest BCUT2D eigenvalue weighted by molar-refractivity contribution is 0.580. The summed E-state index contributed by atoms with van der Waals surface area (Å²) in [5.41, 5.74) is 0.715. The van der Waals surface area contributed by atoms with E-state index < -0.39 is 15.8 Å². The third kappa shape index (κ3) is 4.43. The smallest absolute Gasteiger partial charge is 0.242 e.